The Morgan fingerprint density at radius 2 is 1.36 bits per heavy atom. The molecule has 0 aliphatic carbocycles. The molecule has 0 saturated carbocycles. The highest BCUT2D eigenvalue weighted by Gasteiger charge is 2.12. The minimum atomic E-state index is 0.431. The molecule has 3 heterocycles. The number of aryl methyl sites for hydroxylation is 1. The van der Waals surface area contributed by atoms with Gasteiger partial charge >= 0.3 is 0 Å². The Hall–Kier alpha value is -3.99. The van der Waals surface area contributed by atoms with Gasteiger partial charge in [-0.15, -0.1) is 0 Å². The molecule has 0 spiro atoms. The molecule has 3 aromatic heterocycles. The van der Waals surface area contributed by atoms with Gasteiger partial charge in [-0.3, -0.25) is 0 Å². The molecule has 0 atom stereocenters. The van der Waals surface area contributed by atoms with Crippen LogP contribution in [0.15, 0.2) is 81.3 Å². The van der Waals surface area contributed by atoms with Gasteiger partial charge in [-0.05, 0) is 65.8 Å². The van der Waals surface area contributed by atoms with Gasteiger partial charge in [0.1, 0.15) is 22.2 Å². The van der Waals surface area contributed by atoms with Gasteiger partial charge in [-0.1, -0.05) is 24.3 Å². The summed E-state index contributed by atoms with van der Waals surface area (Å²) in [5, 5.41) is 23.5. The number of nitrogens with one attached hydrogen (secondary N) is 1. The number of pyridine rings is 2. The van der Waals surface area contributed by atoms with Crippen molar-refractivity contribution in [3.8, 4) is 12.1 Å². The minimum Gasteiger partial charge on any atom is -0.350 e. The van der Waals surface area contributed by atoms with Crippen LogP contribution in [0.5, 0.6) is 0 Å². The Morgan fingerprint density at radius 1 is 0.788 bits per heavy atom. The number of nitrogens with zero attached hydrogens (tertiary/aromatic N) is 7. The molecule has 1 N–H and O–H groups in total. The highest BCUT2D eigenvalue weighted by Crippen LogP contribution is 2.28. The number of rotatable bonds is 7. The summed E-state index contributed by atoms with van der Waals surface area (Å²) < 4.78 is 0. The molecule has 0 bridgehead atoms. The van der Waals surface area contributed by atoms with Gasteiger partial charge in [-0.2, -0.15) is 25.5 Å². The fraction of sp³-hybridized carbons (Fsp3) is 0.0870. The number of aromatic nitrogens is 5. The lowest BCUT2D eigenvalue weighted by atomic mass is 10.1. The van der Waals surface area contributed by atoms with Crippen molar-refractivity contribution in [1.82, 2.24) is 24.9 Å². The van der Waals surface area contributed by atoms with Crippen LogP contribution in [0.2, 0.25) is 0 Å². The maximum atomic E-state index is 8.97. The molecule has 160 valence electrons. The minimum absolute atomic E-state index is 0.431. The van der Waals surface area contributed by atoms with Crippen LogP contribution < -0.4 is 5.32 Å². The molecule has 10 heteroatoms. The smallest absolute Gasteiger partial charge is 0.227 e. The van der Waals surface area contributed by atoms with Crippen molar-refractivity contribution < 1.29 is 0 Å². The van der Waals surface area contributed by atoms with Crippen molar-refractivity contribution in [2.45, 2.75) is 33.8 Å². The summed E-state index contributed by atoms with van der Waals surface area (Å²) in [7, 11) is 0. The Labute approximate surface area is 199 Å². The summed E-state index contributed by atoms with van der Waals surface area (Å²) in [5.74, 6) is 0.431. The molecule has 0 amide bonds. The zero-order valence-corrected chi connectivity index (χ0v) is 19.1. The molecule has 0 unspecified atom stereocenters. The molecule has 33 heavy (non-hydrogen) atoms. The van der Waals surface area contributed by atoms with Crippen molar-refractivity contribution >= 4 is 29.5 Å². The SMILES string of the molecule is Cc1ccccc1CNc1nc(Sc2ccc(C#N)cn2)nc(Sc2ccc(C#N)cn2)n1. The van der Waals surface area contributed by atoms with Crippen LogP contribution in [0.3, 0.4) is 0 Å². The van der Waals surface area contributed by atoms with Crippen LogP contribution in [0.1, 0.15) is 22.3 Å². The van der Waals surface area contributed by atoms with E-state index in [9.17, 15) is 0 Å². The van der Waals surface area contributed by atoms with E-state index in [4.69, 9.17) is 10.5 Å². The van der Waals surface area contributed by atoms with Gasteiger partial charge in [0.05, 0.1) is 11.1 Å². The van der Waals surface area contributed by atoms with E-state index in [0.29, 0.717) is 44.0 Å². The summed E-state index contributed by atoms with van der Waals surface area (Å²) in [4.78, 5) is 22.2. The van der Waals surface area contributed by atoms with E-state index in [1.165, 1.54) is 41.5 Å². The summed E-state index contributed by atoms with van der Waals surface area (Å²) in [6.07, 6.45) is 3.02. The Balaban J connectivity index is 1.60. The second-order valence-electron chi connectivity index (χ2n) is 6.70. The molecule has 0 aliphatic heterocycles. The summed E-state index contributed by atoms with van der Waals surface area (Å²) in [6, 6.07) is 19.1. The Morgan fingerprint density at radius 3 is 1.85 bits per heavy atom. The Kier molecular flexibility index (Phi) is 7.10. The van der Waals surface area contributed by atoms with Crippen molar-refractivity contribution in [3.63, 3.8) is 0 Å². The zero-order chi connectivity index (χ0) is 23.0. The van der Waals surface area contributed by atoms with Crippen molar-refractivity contribution in [3.05, 3.63) is 83.2 Å². The average molecular weight is 469 g/mol. The monoisotopic (exact) mass is 468 g/mol. The topological polar surface area (TPSA) is 124 Å². The second-order valence-corrected chi connectivity index (χ2v) is 8.68. The van der Waals surface area contributed by atoms with Crippen molar-refractivity contribution in [2.24, 2.45) is 0 Å². The van der Waals surface area contributed by atoms with Gasteiger partial charge in [0.2, 0.25) is 5.95 Å². The fourth-order valence-corrected chi connectivity index (χ4v) is 4.14. The van der Waals surface area contributed by atoms with E-state index in [1.807, 2.05) is 12.1 Å². The Bertz CT molecular complexity index is 1270. The molecule has 0 radical (unpaired) electrons. The fourth-order valence-electron chi connectivity index (χ4n) is 2.69. The number of nitriles is 2. The first-order valence-electron chi connectivity index (χ1n) is 9.75. The van der Waals surface area contributed by atoms with E-state index in [2.05, 4.69) is 61.4 Å². The third kappa shape index (κ3) is 6.04. The maximum absolute atomic E-state index is 8.97. The van der Waals surface area contributed by atoms with E-state index in [1.54, 1.807) is 24.3 Å². The molecule has 4 aromatic rings. The predicted octanol–water partition coefficient (Wildman–Crippen LogP) is 4.63. The molecule has 0 aliphatic rings. The second kappa shape index (κ2) is 10.6. The molecular weight excluding hydrogens is 452 g/mol. The quantitative estimate of drug-likeness (QED) is 0.410. The summed E-state index contributed by atoms with van der Waals surface area (Å²) in [6.45, 7) is 2.62. The number of hydrogen-bond acceptors (Lipinski definition) is 10. The molecule has 4 rings (SSSR count). The molecule has 1 aromatic carbocycles. The third-order valence-electron chi connectivity index (χ3n) is 4.42. The lowest BCUT2D eigenvalue weighted by Crippen LogP contribution is -2.07. The highest BCUT2D eigenvalue weighted by molar-refractivity contribution is 7.99. The third-order valence-corrected chi connectivity index (χ3v) is 6.05. The first-order valence-corrected chi connectivity index (χ1v) is 11.4. The number of hydrogen-bond donors (Lipinski definition) is 1. The van der Waals surface area contributed by atoms with Crippen LogP contribution in [-0.2, 0) is 6.54 Å². The molecule has 0 fully saturated rings. The maximum Gasteiger partial charge on any atom is 0.227 e. The van der Waals surface area contributed by atoms with Gasteiger partial charge in [0.25, 0.3) is 0 Å². The normalized spacial score (nSPS) is 10.3. The molecular formula is C23H16N8S2. The number of benzene rings is 1. The lowest BCUT2D eigenvalue weighted by molar-refractivity contribution is 0.797. The molecule has 8 nitrogen and oxygen atoms in total. The lowest BCUT2D eigenvalue weighted by Gasteiger charge is -2.10. The summed E-state index contributed by atoms with van der Waals surface area (Å²) >= 11 is 2.55. The van der Waals surface area contributed by atoms with E-state index in [0.717, 1.165) is 5.56 Å². The van der Waals surface area contributed by atoms with Crippen molar-refractivity contribution in [2.75, 3.05) is 5.32 Å². The molecule has 0 saturated heterocycles. The van der Waals surface area contributed by atoms with Crippen molar-refractivity contribution in [1.29, 1.82) is 10.5 Å². The van der Waals surface area contributed by atoms with Crippen LogP contribution in [0.25, 0.3) is 0 Å². The van der Waals surface area contributed by atoms with Gasteiger partial charge < -0.3 is 5.32 Å². The van der Waals surface area contributed by atoms with Gasteiger partial charge in [0.15, 0.2) is 10.3 Å². The van der Waals surface area contributed by atoms with Gasteiger partial charge in [0, 0.05) is 18.9 Å². The van der Waals surface area contributed by atoms with Gasteiger partial charge in [-0.25, -0.2) is 9.97 Å². The van der Waals surface area contributed by atoms with Crippen LogP contribution >= 0.6 is 23.5 Å². The highest BCUT2D eigenvalue weighted by atomic mass is 32.2. The largest absolute Gasteiger partial charge is 0.350 e. The van der Waals surface area contributed by atoms with E-state index >= 15 is 0 Å². The predicted molar refractivity (Wildman–Crippen MR) is 124 cm³/mol. The van der Waals surface area contributed by atoms with E-state index in [-0.39, 0.29) is 0 Å². The van der Waals surface area contributed by atoms with Crippen LogP contribution in [-0.4, -0.2) is 24.9 Å². The first-order chi connectivity index (χ1) is 16.1. The van der Waals surface area contributed by atoms with Crippen LogP contribution in [0, 0.1) is 29.6 Å². The standard InChI is InChI=1S/C23H16N8S2/c1-15-4-2-3-5-18(15)14-28-21-29-22(32-19-8-6-16(10-24)12-26-19)31-23(30-21)33-20-9-7-17(11-25)13-27-20/h2-9,12-13H,14H2,1H3,(H,28,29,30,31). The van der Waals surface area contributed by atoms with Crippen LogP contribution in [0.4, 0.5) is 5.95 Å². The average Bonchev–Trinajstić information content (AvgIpc) is 2.84. The zero-order valence-electron chi connectivity index (χ0n) is 17.4. The first kappa shape index (κ1) is 22.2. The van der Waals surface area contributed by atoms with E-state index < -0.39 is 0 Å². The number of anilines is 1. The summed E-state index contributed by atoms with van der Waals surface area (Å²) in [5.41, 5.74) is 3.29.